The molecule has 1 unspecified atom stereocenters. The van der Waals surface area contributed by atoms with E-state index in [1.54, 1.807) is 0 Å². The Hall–Kier alpha value is -1.23. The first-order chi connectivity index (χ1) is 14.0. The lowest BCUT2D eigenvalue weighted by Gasteiger charge is -2.39. The predicted molar refractivity (Wildman–Crippen MR) is 104 cm³/mol. The second-order valence-electron chi connectivity index (χ2n) is 8.10. The first-order valence-corrected chi connectivity index (χ1v) is 10.6. The number of alkyl halides is 6. The van der Waals surface area contributed by atoms with Crippen molar-refractivity contribution in [3.63, 3.8) is 0 Å². The molecule has 0 aliphatic carbocycles. The Morgan fingerprint density at radius 1 is 1.00 bits per heavy atom. The summed E-state index contributed by atoms with van der Waals surface area (Å²) in [6, 6.07) is -1.46. The molecule has 0 radical (unpaired) electrons. The summed E-state index contributed by atoms with van der Waals surface area (Å²) in [5, 5.41) is 3.20. The van der Waals surface area contributed by atoms with Gasteiger partial charge in [0.05, 0.1) is 6.54 Å². The van der Waals surface area contributed by atoms with E-state index in [2.05, 4.69) is 10.3 Å². The van der Waals surface area contributed by atoms with Crippen LogP contribution in [0.2, 0.25) is 0 Å². The average Bonchev–Trinajstić information content (AvgIpc) is 2.66. The van der Waals surface area contributed by atoms with Crippen molar-refractivity contribution in [3.8, 4) is 0 Å². The third-order valence-electron chi connectivity index (χ3n) is 5.88. The summed E-state index contributed by atoms with van der Waals surface area (Å²) < 4.78 is 76.2. The number of nitrogens with one attached hydrogen (secondary N) is 1. The van der Waals surface area contributed by atoms with Gasteiger partial charge < -0.3 is 10.2 Å². The van der Waals surface area contributed by atoms with Gasteiger partial charge in [0.15, 0.2) is 5.96 Å². The molecular formula is C19H33F6N5. The molecule has 2 rings (SSSR count). The van der Waals surface area contributed by atoms with Crippen molar-refractivity contribution in [1.82, 2.24) is 20.0 Å². The molecule has 2 fully saturated rings. The molecule has 0 bridgehead atoms. The molecule has 2 aliphatic rings. The van der Waals surface area contributed by atoms with Gasteiger partial charge in [-0.15, -0.1) is 0 Å². The number of aliphatic imine (C=N–C) groups is 1. The van der Waals surface area contributed by atoms with E-state index in [0.29, 0.717) is 64.2 Å². The number of hydrogen-bond acceptors (Lipinski definition) is 3. The summed E-state index contributed by atoms with van der Waals surface area (Å²) in [5.74, 6) is 1.05. The van der Waals surface area contributed by atoms with Crippen LogP contribution in [0, 0.1) is 5.92 Å². The van der Waals surface area contributed by atoms with Crippen LogP contribution in [0.15, 0.2) is 4.99 Å². The second-order valence-corrected chi connectivity index (χ2v) is 8.10. The molecule has 0 saturated carbocycles. The van der Waals surface area contributed by atoms with E-state index in [1.165, 1.54) is 16.7 Å². The minimum atomic E-state index is -4.23. The van der Waals surface area contributed by atoms with Crippen molar-refractivity contribution in [3.05, 3.63) is 0 Å². The fourth-order valence-electron chi connectivity index (χ4n) is 3.99. The Morgan fingerprint density at radius 2 is 1.60 bits per heavy atom. The number of guanidine groups is 1. The molecule has 2 heterocycles. The summed E-state index contributed by atoms with van der Waals surface area (Å²) in [6.45, 7) is 6.00. The molecule has 2 saturated heterocycles. The van der Waals surface area contributed by atoms with Crippen LogP contribution in [0.25, 0.3) is 0 Å². The summed E-state index contributed by atoms with van der Waals surface area (Å²) in [4.78, 5) is 9.50. The van der Waals surface area contributed by atoms with Gasteiger partial charge >= 0.3 is 12.4 Å². The number of rotatable bonds is 6. The molecular weight excluding hydrogens is 412 g/mol. The van der Waals surface area contributed by atoms with E-state index in [0.717, 1.165) is 19.3 Å². The molecule has 0 spiro atoms. The smallest absolute Gasteiger partial charge is 0.357 e. The number of hydrogen-bond donors (Lipinski definition) is 1. The molecule has 30 heavy (non-hydrogen) atoms. The summed E-state index contributed by atoms with van der Waals surface area (Å²) in [7, 11) is 0. The van der Waals surface area contributed by atoms with Gasteiger partial charge in [-0.3, -0.25) is 14.8 Å². The Kier molecular flexibility index (Phi) is 9.08. The fourth-order valence-corrected chi connectivity index (χ4v) is 3.99. The zero-order valence-electron chi connectivity index (χ0n) is 17.7. The van der Waals surface area contributed by atoms with Gasteiger partial charge in [-0.2, -0.15) is 26.3 Å². The van der Waals surface area contributed by atoms with Crippen LogP contribution in [0.1, 0.15) is 33.1 Å². The van der Waals surface area contributed by atoms with Crippen LogP contribution in [-0.4, -0.2) is 98.0 Å². The van der Waals surface area contributed by atoms with Crippen LogP contribution in [-0.2, 0) is 0 Å². The van der Waals surface area contributed by atoms with Gasteiger partial charge in [-0.25, -0.2) is 0 Å². The Bertz CT molecular complexity index is 535. The average molecular weight is 445 g/mol. The molecule has 0 aromatic rings. The monoisotopic (exact) mass is 445 g/mol. The maximum atomic E-state index is 12.9. The molecule has 0 aromatic heterocycles. The molecule has 1 N–H and O–H groups in total. The molecule has 0 amide bonds. The molecule has 1 atom stereocenters. The number of piperidine rings is 1. The van der Waals surface area contributed by atoms with Crippen molar-refractivity contribution in [2.24, 2.45) is 10.9 Å². The maximum absolute atomic E-state index is 12.9. The van der Waals surface area contributed by atoms with Crippen molar-refractivity contribution < 1.29 is 26.3 Å². The van der Waals surface area contributed by atoms with E-state index in [9.17, 15) is 26.3 Å². The summed E-state index contributed by atoms with van der Waals surface area (Å²) in [5.41, 5.74) is 0. The Labute approximate surface area is 174 Å². The van der Waals surface area contributed by atoms with E-state index < -0.39 is 24.9 Å². The lowest BCUT2D eigenvalue weighted by atomic mass is 9.93. The highest BCUT2D eigenvalue weighted by molar-refractivity contribution is 5.80. The standard InChI is InChI=1S/C19H33F6N5/c1-3-26-17(30-12-10-29(11-13-30)15(2)19(23,24)25)27-7-4-16-5-8-28(9-6-16)14-18(20,21)22/h15-16H,3-14H2,1-2H3,(H,26,27). The lowest BCUT2D eigenvalue weighted by molar-refractivity contribution is -0.181. The van der Waals surface area contributed by atoms with Crippen molar-refractivity contribution in [2.45, 2.75) is 51.5 Å². The van der Waals surface area contributed by atoms with Gasteiger partial charge in [0.1, 0.15) is 6.04 Å². The number of piperazine rings is 1. The van der Waals surface area contributed by atoms with Gasteiger partial charge in [-0.05, 0) is 52.1 Å². The molecule has 2 aliphatic heterocycles. The highest BCUT2D eigenvalue weighted by Crippen LogP contribution is 2.26. The Morgan fingerprint density at radius 3 is 2.10 bits per heavy atom. The largest absolute Gasteiger partial charge is 0.403 e. The number of likely N-dealkylation sites (tertiary alicyclic amines) is 1. The molecule has 176 valence electrons. The van der Waals surface area contributed by atoms with Crippen molar-refractivity contribution in [2.75, 3.05) is 58.9 Å². The molecule has 0 aromatic carbocycles. The number of halogens is 6. The van der Waals surface area contributed by atoms with Crippen LogP contribution >= 0.6 is 0 Å². The SMILES string of the molecule is CCNC(=NCCC1CCN(CC(F)(F)F)CC1)N1CCN(C(C)C(F)(F)F)CC1. The van der Waals surface area contributed by atoms with Crippen LogP contribution in [0.4, 0.5) is 26.3 Å². The zero-order valence-corrected chi connectivity index (χ0v) is 17.7. The molecule has 5 nitrogen and oxygen atoms in total. The number of nitrogens with zero attached hydrogens (tertiary/aromatic N) is 4. The second kappa shape index (κ2) is 10.9. The van der Waals surface area contributed by atoms with Crippen molar-refractivity contribution >= 4 is 5.96 Å². The fraction of sp³-hybridized carbons (Fsp3) is 0.947. The maximum Gasteiger partial charge on any atom is 0.403 e. The minimum Gasteiger partial charge on any atom is -0.357 e. The van der Waals surface area contributed by atoms with Crippen molar-refractivity contribution in [1.29, 1.82) is 0 Å². The van der Waals surface area contributed by atoms with Gasteiger partial charge in [0.25, 0.3) is 0 Å². The van der Waals surface area contributed by atoms with Gasteiger partial charge in [0, 0.05) is 39.3 Å². The van der Waals surface area contributed by atoms with E-state index in [4.69, 9.17) is 0 Å². The highest BCUT2D eigenvalue weighted by atomic mass is 19.4. The minimum absolute atomic E-state index is 0.322. The van der Waals surface area contributed by atoms with Crippen LogP contribution in [0.3, 0.4) is 0 Å². The quantitative estimate of drug-likeness (QED) is 0.387. The summed E-state index contributed by atoms with van der Waals surface area (Å²) >= 11 is 0. The first-order valence-electron chi connectivity index (χ1n) is 10.6. The van der Waals surface area contributed by atoms with Gasteiger partial charge in [-0.1, -0.05) is 0 Å². The van der Waals surface area contributed by atoms with E-state index >= 15 is 0 Å². The normalized spacial score (nSPS) is 22.4. The van der Waals surface area contributed by atoms with E-state index in [-0.39, 0.29) is 0 Å². The van der Waals surface area contributed by atoms with Gasteiger partial charge in [0.2, 0.25) is 0 Å². The highest BCUT2D eigenvalue weighted by Gasteiger charge is 2.41. The Balaban J connectivity index is 1.78. The third kappa shape index (κ3) is 8.13. The van der Waals surface area contributed by atoms with E-state index in [1.807, 2.05) is 11.8 Å². The first kappa shape index (κ1) is 25.0. The summed E-state index contributed by atoms with van der Waals surface area (Å²) in [6.07, 6.45) is -6.11. The zero-order chi connectivity index (χ0) is 22.4. The van der Waals surface area contributed by atoms with Crippen LogP contribution in [0.5, 0.6) is 0 Å². The lowest BCUT2D eigenvalue weighted by Crippen LogP contribution is -2.56. The van der Waals surface area contributed by atoms with Crippen LogP contribution < -0.4 is 5.32 Å². The molecule has 11 heteroatoms. The third-order valence-corrected chi connectivity index (χ3v) is 5.88. The predicted octanol–water partition coefficient (Wildman–Crippen LogP) is 3.18. The topological polar surface area (TPSA) is 34.1 Å².